The van der Waals surface area contributed by atoms with Gasteiger partial charge in [0.2, 0.25) is 10.0 Å². The van der Waals surface area contributed by atoms with Crippen molar-refractivity contribution in [2.24, 2.45) is 0 Å². The number of nitrogens with one attached hydrogen (secondary N) is 2. The Morgan fingerprint density at radius 3 is 2.19 bits per heavy atom. The Morgan fingerprint density at radius 1 is 0.903 bits per heavy atom. The van der Waals surface area contributed by atoms with E-state index in [0.717, 1.165) is 38.0 Å². The van der Waals surface area contributed by atoms with Crippen LogP contribution in [0.5, 0.6) is 0 Å². The van der Waals surface area contributed by atoms with Gasteiger partial charge in [-0.2, -0.15) is 0 Å². The third kappa shape index (κ3) is 6.15. The van der Waals surface area contributed by atoms with Gasteiger partial charge in [-0.25, -0.2) is 13.1 Å². The van der Waals surface area contributed by atoms with E-state index in [2.05, 4.69) is 27.1 Å². The van der Waals surface area contributed by atoms with Crippen LogP contribution in [0.4, 0.5) is 0 Å². The third-order valence-electron chi connectivity index (χ3n) is 5.98. The van der Waals surface area contributed by atoms with Gasteiger partial charge >= 0.3 is 0 Å². The summed E-state index contributed by atoms with van der Waals surface area (Å²) < 4.78 is 27.2. The molecule has 2 aromatic rings. The summed E-state index contributed by atoms with van der Waals surface area (Å²) in [6.07, 6.45) is 6.90. The molecule has 2 aromatic carbocycles. The van der Waals surface area contributed by atoms with Gasteiger partial charge in [0.1, 0.15) is 0 Å². The third-order valence-corrected chi connectivity index (χ3v) is 7.51. The van der Waals surface area contributed by atoms with Crippen LogP contribution in [0.2, 0.25) is 0 Å². The van der Waals surface area contributed by atoms with Gasteiger partial charge in [0.15, 0.2) is 0 Å². The average Bonchev–Trinajstić information content (AvgIpc) is 3.60. The molecule has 2 fully saturated rings. The Balaban J connectivity index is 1.36. The SMILES string of the molecule is O=C(NCc1ccccc1CN1CCCCCC1)c1ccc(S(=O)(=O)NC2CC2)cc1. The summed E-state index contributed by atoms with van der Waals surface area (Å²) in [4.78, 5) is 15.3. The number of nitrogens with zero attached hydrogens (tertiary/aromatic N) is 1. The molecule has 2 aliphatic rings. The molecule has 1 saturated heterocycles. The summed E-state index contributed by atoms with van der Waals surface area (Å²) in [5.74, 6) is -0.205. The van der Waals surface area contributed by atoms with Gasteiger partial charge in [0, 0.05) is 24.7 Å². The summed E-state index contributed by atoms with van der Waals surface area (Å²) in [5.41, 5.74) is 2.82. The van der Waals surface area contributed by atoms with Gasteiger partial charge < -0.3 is 5.32 Å². The van der Waals surface area contributed by atoms with E-state index in [1.165, 1.54) is 43.4 Å². The molecule has 0 bridgehead atoms. The van der Waals surface area contributed by atoms with E-state index >= 15 is 0 Å². The molecule has 0 unspecified atom stereocenters. The maximum Gasteiger partial charge on any atom is 0.251 e. The highest BCUT2D eigenvalue weighted by Gasteiger charge is 2.28. The number of rotatable bonds is 8. The molecule has 7 heteroatoms. The van der Waals surface area contributed by atoms with Crippen molar-refractivity contribution in [3.8, 4) is 0 Å². The molecule has 1 heterocycles. The molecule has 0 radical (unpaired) electrons. The molecule has 0 atom stereocenters. The smallest absolute Gasteiger partial charge is 0.251 e. The van der Waals surface area contributed by atoms with Crippen LogP contribution >= 0.6 is 0 Å². The first-order valence-electron chi connectivity index (χ1n) is 11.2. The molecule has 4 rings (SSSR count). The van der Waals surface area contributed by atoms with Crippen LogP contribution in [0.25, 0.3) is 0 Å². The van der Waals surface area contributed by atoms with Crippen LogP contribution in [-0.2, 0) is 23.1 Å². The van der Waals surface area contributed by atoms with E-state index in [-0.39, 0.29) is 16.8 Å². The van der Waals surface area contributed by atoms with Crippen LogP contribution in [0.3, 0.4) is 0 Å². The Kier molecular flexibility index (Phi) is 7.05. The molecular weight excluding hydrogens is 410 g/mol. The largest absolute Gasteiger partial charge is 0.348 e. The van der Waals surface area contributed by atoms with Crippen molar-refractivity contribution in [2.75, 3.05) is 13.1 Å². The molecule has 1 aliphatic heterocycles. The highest BCUT2D eigenvalue weighted by molar-refractivity contribution is 7.89. The summed E-state index contributed by atoms with van der Waals surface area (Å²) >= 11 is 0. The number of benzene rings is 2. The van der Waals surface area contributed by atoms with E-state index in [1.54, 1.807) is 12.1 Å². The lowest BCUT2D eigenvalue weighted by Crippen LogP contribution is -2.27. The zero-order chi connectivity index (χ0) is 21.7. The molecule has 1 saturated carbocycles. The first-order chi connectivity index (χ1) is 15.0. The first-order valence-corrected chi connectivity index (χ1v) is 12.7. The highest BCUT2D eigenvalue weighted by Crippen LogP contribution is 2.22. The van der Waals surface area contributed by atoms with Gasteiger partial charge in [-0.15, -0.1) is 0 Å². The predicted molar refractivity (Wildman–Crippen MR) is 121 cm³/mol. The fourth-order valence-electron chi connectivity index (χ4n) is 3.97. The fraction of sp³-hybridized carbons (Fsp3) is 0.458. The Morgan fingerprint density at radius 2 is 1.55 bits per heavy atom. The van der Waals surface area contributed by atoms with Gasteiger partial charge in [-0.1, -0.05) is 37.1 Å². The normalized spacial score (nSPS) is 17.8. The van der Waals surface area contributed by atoms with Crippen molar-refractivity contribution in [1.29, 1.82) is 0 Å². The molecule has 0 spiro atoms. The zero-order valence-electron chi connectivity index (χ0n) is 17.8. The van der Waals surface area contributed by atoms with Crippen molar-refractivity contribution in [1.82, 2.24) is 14.9 Å². The first kappa shape index (κ1) is 22.0. The quantitative estimate of drug-likeness (QED) is 0.658. The van der Waals surface area contributed by atoms with Gasteiger partial charge in [0.25, 0.3) is 5.91 Å². The number of hydrogen-bond donors (Lipinski definition) is 2. The van der Waals surface area contributed by atoms with Crippen molar-refractivity contribution < 1.29 is 13.2 Å². The molecule has 31 heavy (non-hydrogen) atoms. The van der Waals surface area contributed by atoms with Gasteiger partial charge in [-0.3, -0.25) is 9.69 Å². The lowest BCUT2D eigenvalue weighted by atomic mass is 10.1. The maximum atomic E-state index is 12.6. The lowest BCUT2D eigenvalue weighted by molar-refractivity contribution is 0.0950. The van der Waals surface area contributed by atoms with Crippen LogP contribution < -0.4 is 10.0 Å². The number of hydrogen-bond acceptors (Lipinski definition) is 4. The lowest BCUT2D eigenvalue weighted by Gasteiger charge is -2.21. The average molecular weight is 442 g/mol. The van der Waals surface area contributed by atoms with Gasteiger partial charge in [0.05, 0.1) is 4.90 Å². The Hall–Kier alpha value is -2.22. The second-order valence-corrected chi connectivity index (χ2v) is 10.3. The molecule has 2 N–H and O–H groups in total. The number of sulfonamides is 1. The molecule has 0 aromatic heterocycles. The summed E-state index contributed by atoms with van der Waals surface area (Å²) in [5, 5.41) is 2.98. The number of amides is 1. The minimum Gasteiger partial charge on any atom is -0.348 e. The predicted octanol–water partition coefficient (Wildman–Crippen LogP) is 3.43. The number of carbonyl (C=O) groups is 1. The van der Waals surface area contributed by atoms with Crippen molar-refractivity contribution >= 4 is 15.9 Å². The summed E-state index contributed by atoms with van der Waals surface area (Å²) in [6.45, 7) is 3.62. The minimum absolute atomic E-state index is 0.0577. The topological polar surface area (TPSA) is 78.5 Å². The number of likely N-dealkylation sites (tertiary alicyclic amines) is 1. The standard InChI is InChI=1S/C24H31N3O3S/c28-24(19-9-13-23(14-10-19)31(29,30)26-22-11-12-22)25-17-20-7-3-4-8-21(20)18-27-15-5-1-2-6-16-27/h3-4,7-10,13-14,22,26H,1-2,5-6,11-12,15-18H2,(H,25,28). The molecule has 1 aliphatic carbocycles. The fourth-order valence-corrected chi connectivity index (χ4v) is 5.28. The van der Waals surface area contributed by atoms with Gasteiger partial charge in [-0.05, 0) is 74.2 Å². The maximum absolute atomic E-state index is 12.6. The summed E-state index contributed by atoms with van der Waals surface area (Å²) in [6, 6.07) is 14.4. The minimum atomic E-state index is -3.50. The van der Waals surface area contributed by atoms with E-state index in [9.17, 15) is 13.2 Å². The second kappa shape index (κ2) is 9.94. The number of carbonyl (C=O) groups excluding carboxylic acids is 1. The Bertz CT molecular complexity index is 993. The zero-order valence-corrected chi connectivity index (χ0v) is 18.7. The summed E-state index contributed by atoms with van der Waals surface area (Å²) in [7, 11) is -3.50. The van der Waals surface area contributed by atoms with E-state index in [0.29, 0.717) is 12.1 Å². The van der Waals surface area contributed by atoms with Crippen LogP contribution in [0, 0.1) is 0 Å². The second-order valence-electron chi connectivity index (χ2n) is 8.56. The van der Waals surface area contributed by atoms with E-state index < -0.39 is 10.0 Å². The monoisotopic (exact) mass is 441 g/mol. The van der Waals surface area contributed by atoms with Crippen molar-refractivity contribution in [3.05, 3.63) is 65.2 Å². The van der Waals surface area contributed by atoms with Crippen LogP contribution in [-0.4, -0.2) is 38.4 Å². The van der Waals surface area contributed by atoms with Crippen LogP contribution in [0.15, 0.2) is 53.4 Å². The molecular formula is C24H31N3O3S. The van der Waals surface area contributed by atoms with Crippen molar-refractivity contribution in [3.63, 3.8) is 0 Å². The van der Waals surface area contributed by atoms with Crippen molar-refractivity contribution in [2.45, 2.75) is 62.6 Å². The molecule has 166 valence electrons. The van der Waals surface area contributed by atoms with E-state index in [1.807, 2.05) is 12.1 Å². The Labute approximate surface area is 185 Å². The highest BCUT2D eigenvalue weighted by atomic mass is 32.2. The molecule has 6 nitrogen and oxygen atoms in total. The molecule has 1 amide bonds. The van der Waals surface area contributed by atoms with Crippen LogP contribution in [0.1, 0.15) is 60.0 Å². The van der Waals surface area contributed by atoms with E-state index in [4.69, 9.17) is 0 Å².